The Morgan fingerprint density at radius 1 is 1.19 bits per heavy atom. The molecule has 4 heteroatoms. The number of allylic oxidation sites excluding steroid dienone is 1. The summed E-state index contributed by atoms with van der Waals surface area (Å²) in [5.41, 5.74) is 6.91. The van der Waals surface area contributed by atoms with E-state index in [1.807, 2.05) is 12.3 Å². The summed E-state index contributed by atoms with van der Waals surface area (Å²) < 4.78 is 2.40. The molecule has 1 aromatic carbocycles. The normalized spacial score (nSPS) is 13.4. The van der Waals surface area contributed by atoms with Crippen LogP contribution in [0.15, 0.2) is 49.2 Å². The van der Waals surface area contributed by atoms with Crippen LogP contribution >= 0.6 is 12.4 Å². The van der Waals surface area contributed by atoms with Crippen LogP contribution in [0, 0.1) is 6.92 Å². The number of nitrogens with zero attached hydrogens (tertiary/aromatic N) is 3. The van der Waals surface area contributed by atoms with Gasteiger partial charge in [-0.2, -0.15) is 0 Å². The summed E-state index contributed by atoms with van der Waals surface area (Å²) in [5, 5.41) is 1.32. The van der Waals surface area contributed by atoms with E-state index in [4.69, 9.17) is 4.98 Å². The van der Waals surface area contributed by atoms with Crippen molar-refractivity contribution < 1.29 is 0 Å². The minimum absolute atomic E-state index is 0. The van der Waals surface area contributed by atoms with E-state index in [1.165, 1.54) is 33.3 Å². The molecule has 1 aliphatic heterocycles. The van der Waals surface area contributed by atoms with Crippen molar-refractivity contribution in [1.82, 2.24) is 9.55 Å². The first-order valence-corrected chi connectivity index (χ1v) is 9.13. The first-order chi connectivity index (χ1) is 12.2. The van der Waals surface area contributed by atoms with Crippen LogP contribution in [0.2, 0.25) is 0 Å². The average molecular weight is 368 g/mol. The van der Waals surface area contributed by atoms with Gasteiger partial charge < -0.3 is 9.47 Å². The quantitative estimate of drug-likeness (QED) is 0.600. The van der Waals surface area contributed by atoms with E-state index in [0.29, 0.717) is 0 Å². The van der Waals surface area contributed by atoms with E-state index >= 15 is 0 Å². The fourth-order valence-electron chi connectivity index (χ4n) is 4.20. The molecule has 0 fully saturated rings. The topological polar surface area (TPSA) is 21.1 Å². The molecule has 0 bridgehead atoms. The molecular formula is C22H26ClN3. The van der Waals surface area contributed by atoms with Crippen LogP contribution in [0.25, 0.3) is 10.9 Å². The van der Waals surface area contributed by atoms with E-state index in [0.717, 1.165) is 38.3 Å². The third kappa shape index (κ3) is 2.90. The van der Waals surface area contributed by atoms with Crippen LogP contribution in [0.3, 0.4) is 0 Å². The molecule has 0 amide bonds. The van der Waals surface area contributed by atoms with Gasteiger partial charge in [0, 0.05) is 36.9 Å². The van der Waals surface area contributed by atoms with Gasteiger partial charge in [-0.1, -0.05) is 37.3 Å². The monoisotopic (exact) mass is 367 g/mol. The Morgan fingerprint density at radius 3 is 2.69 bits per heavy atom. The highest BCUT2D eigenvalue weighted by Crippen LogP contribution is 2.34. The van der Waals surface area contributed by atoms with E-state index in [9.17, 15) is 0 Å². The van der Waals surface area contributed by atoms with Gasteiger partial charge in [0.15, 0.2) is 5.82 Å². The lowest BCUT2D eigenvalue weighted by atomic mass is 10.00. The zero-order chi connectivity index (χ0) is 17.4. The number of aromatic nitrogens is 2. The smallest absolute Gasteiger partial charge is 0.153 e. The molecule has 26 heavy (non-hydrogen) atoms. The molecule has 0 saturated heterocycles. The number of aryl methyl sites for hydroxylation is 1. The second kappa shape index (κ2) is 7.55. The molecule has 0 saturated carbocycles. The van der Waals surface area contributed by atoms with Crippen LogP contribution < -0.4 is 4.90 Å². The molecule has 4 rings (SSSR count). The Kier molecular flexibility index (Phi) is 5.38. The lowest BCUT2D eigenvalue weighted by Crippen LogP contribution is -2.31. The second-order valence-corrected chi connectivity index (χ2v) is 6.80. The molecule has 1 aliphatic rings. The van der Waals surface area contributed by atoms with Crippen molar-refractivity contribution >= 4 is 29.1 Å². The molecule has 0 unspecified atom stereocenters. The van der Waals surface area contributed by atoms with Crippen LogP contribution in [0.5, 0.6) is 0 Å². The lowest BCUT2D eigenvalue weighted by Gasteiger charge is -2.30. The van der Waals surface area contributed by atoms with Crippen molar-refractivity contribution in [2.75, 3.05) is 11.4 Å². The molecule has 3 nitrogen and oxygen atoms in total. The number of hydrogen-bond acceptors (Lipinski definition) is 2. The van der Waals surface area contributed by atoms with Gasteiger partial charge in [0.1, 0.15) is 0 Å². The van der Waals surface area contributed by atoms with Crippen LogP contribution in [-0.4, -0.2) is 16.1 Å². The molecule has 0 N–H and O–H groups in total. The summed E-state index contributed by atoms with van der Waals surface area (Å²) in [6.07, 6.45) is 6.05. The highest BCUT2D eigenvalue weighted by molar-refractivity contribution is 5.93. The van der Waals surface area contributed by atoms with Gasteiger partial charge in [-0.3, -0.25) is 0 Å². The molecular weight excluding hydrogens is 342 g/mol. The zero-order valence-corrected chi connectivity index (χ0v) is 16.4. The number of pyridine rings is 1. The summed E-state index contributed by atoms with van der Waals surface area (Å²) in [7, 11) is 0. The number of halogens is 1. The van der Waals surface area contributed by atoms with E-state index in [2.05, 4.69) is 60.2 Å². The summed E-state index contributed by atoms with van der Waals surface area (Å²) >= 11 is 0. The molecule has 0 atom stereocenters. The number of fused-ring (bicyclic) bond motifs is 2. The van der Waals surface area contributed by atoms with Gasteiger partial charge in [-0.25, -0.2) is 4.98 Å². The minimum atomic E-state index is 0. The number of rotatable bonds is 4. The van der Waals surface area contributed by atoms with E-state index in [1.54, 1.807) is 0 Å². The van der Waals surface area contributed by atoms with E-state index in [-0.39, 0.29) is 12.4 Å². The van der Waals surface area contributed by atoms with Gasteiger partial charge in [0.25, 0.3) is 0 Å². The Labute approximate surface area is 161 Å². The fraction of sp³-hybridized carbons (Fsp3) is 0.318. The predicted octanol–water partition coefficient (Wildman–Crippen LogP) is 5.08. The Morgan fingerprint density at radius 2 is 1.96 bits per heavy atom. The summed E-state index contributed by atoms with van der Waals surface area (Å²) in [6.45, 7) is 11.2. The molecule has 0 aliphatic carbocycles. The number of anilines is 1. The largest absolute Gasteiger partial charge is 0.350 e. The van der Waals surface area contributed by atoms with Gasteiger partial charge in [0.05, 0.1) is 5.52 Å². The third-order valence-electron chi connectivity index (χ3n) is 5.41. The predicted molar refractivity (Wildman–Crippen MR) is 112 cm³/mol. The van der Waals surface area contributed by atoms with Crippen molar-refractivity contribution in [3.8, 4) is 0 Å². The molecule has 3 aromatic rings. The first-order valence-electron chi connectivity index (χ1n) is 9.13. The van der Waals surface area contributed by atoms with Crippen LogP contribution in [0.1, 0.15) is 29.3 Å². The minimum Gasteiger partial charge on any atom is -0.350 e. The summed E-state index contributed by atoms with van der Waals surface area (Å²) in [6, 6.07) is 10.9. The number of benzene rings is 1. The van der Waals surface area contributed by atoms with Crippen LogP contribution in [-0.2, 0) is 25.9 Å². The first kappa shape index (κ1) is 18.5. The maximum absolute atomic E-state index is 4.81. The zero-order valence-electron chi connectivity index (χ0n) is 15.5. The van der Waals surface area contributed by atoms with Crippen molar-refractivity contribution in [2.45, 2.75) is 39.8 Å². The van der Waals surface area contributed by atoms with Gasteiger partial charge >= 0.3 is 0 Å². The number of hydrogen-bond donors (Lipinski definition) is 0. The van der Waals surface area contributed by atoms with Crippen molar-refractivity contribution in [1.29, 1.82) is 0 Å². The van der Waals surface area contributed by atoms with Crippen LogP contribution in [0.4, 0.5) is 5.82 Å². The standard InChI is InChI=1S/C22H25N3.ClH/c1-4-13-25-20(5-2)16(3)19-10-12-23-22(21(19)25)24-14-11-17-8-6-7-9-18(17)15-24;/h4,6-10,12H,1,5,11,13-15H2,2-3H3;1H. The average Bonchev–Trinajstić information content (AvgIpc) is 2.93. The second-order valence-electron chi connectivity index (χ2n) is 6.80. The lowest BCUT2D eigenvalue weighted by molar-refractivity contribution is 0.717. The van der Waals surface area contributed by atoms with Gasteiger partial charge in [-0.15, -0.1) is 19.0 Å². The Balaban J connectivity index is 0.00000196. The molecule has 2 aromatic heterocycles. The fourth-order valence-corrected chi connectivity index (χ4v) is 4.20. The van der Waals surface area contributed by atoms with Crippen molar-refractivity contribution in [2.24, 2.45) is 0 Å². The van der Waals surface area contributed by atoms with Gasteiger partial charge in [0.2, 0.25) is 0 Å². The Bertz CT molecular complexity index is 942. The molecule has 0 radical (unpaired) electrons. The summed E-state index contributed by atoms with van der Waals surface area (Å²) in [4.78, 5) is 7.24. The third-order valence-corrected chi connectivity index (χ3v) is 5.41. The molecule has 136 valence electrons. The highest BCUT2D eigenvalue weighted by atomic mass is 35.5. The summed E-state index contributed by atoms with van der Waals surface area (Å²) in [5.74, 6) is 1.11. The molecule has 0 spiro atoms. The maximum atomic E-state index is 4.81. The Hall–Kier alpha value is -2.26. The molecule has 3 heterocycles. The van der Waals surface area contributed by atoms with E-state index < -0.39 is 0 Å². The van der Waals surface area contributed by atoms with Crippen molar-refractivity contribution in [3.63, 3.8) is 0 Å². The van der Waals surface area contributed by atoms with Gasteiger partial charge in [-0.05, 0) is 42.5 Å². The van der Waals surface area contributed by atoms with Crippen molar-refractivity contribution in [3.05, 3.63) is 71.6 Å². The highest BCUT2D eigenvalue weighted by Gasteiger charge is 2.22. The maximum Gasteiger partial charge on any atom is 0.153 e. The SMILES string of the molecule is C=CCn1c(CC)c(C)c2ccnc(N3CCc4ccccc4C3)c21.Cl.